The highest BCUT2D eigenvalue weighted by molar-refractivity contribution is 5.70. The highest BCUT2D eigenvalue weighted by atomic mass is 79.9. The van der Waals surface area contributed by atoms with Crippen LogP contribution in [0.15, 0.2) is 24.3 Å². The Morgan fingerprint density at radius 3 is 2.21 bits per heavy atom. The van der Waals surface area contributed by atoms with Gasteiger partial charge in [0.05, 0.1) is 20.7 Å². The number of carbonyl (C=O) groups excluding carboxylic acids is 1. The summed E-state index contributed by atoms with van der Waals surface area (Å²) in [5.41, 5.74) is 1.05. The van der Waals surface area contributed by atoms with Crippen molar-refractivity contribution in [3.63, 3.8) is 0 Å². The molecule has 1 aromatic rings. The Morgan fingerprint density at radius 1 is 1.26 bits per heavy atom. The molecule has 0 aliphatic heterocycles. The number of likely N-dealkylation sites (N-methyl/N-ethyl adjacent to an activating group) is 1. The van der Waals surface area contributed by atoms with Crippen molar-refractivity contribution in [1.29, 1.82) is 0 Å². The van der Waals surface area contributed by atoms with Gasteiger partial charge in [-0.05, 0) is 12.1 Å². The second kappa shape index (κ2) is 7.47. The molecule has 1 N–H and O–H groups in total. The Hall–Kier alpha value is -1.11. The maximum absolute atomic E-state index is 11.4. The first kappa shape index (κ1) is 17.9. The number of hydrogen-bond donors (Lipinski definition) is 1. The summed E-state index contributed by atoms with van der Waals surface area (Å²) in [6.07, 6.45) is -0.396. The third kappa shape index (κ3) is 5.18. The first-order valence-electron chi connectivity index (χ1n) is 5.80. The number of nitrogens with zero attached hydrogens (tertiary/aromatic N) is 2. The molecule has 0 heterocycles. The molecule has 0 aromatic heterocycles. The fourth-order valence-electron chi connectivity index (χ4n) is 1.49. The summed E-state index contributed by atoms with van der Waals surface area (Å²) in [6.45, 7) is 0.765. The van der Waals surface area contributed by atoms with Gasteiger partial charge < -0.3 is 31.7 Å². The topological polar surface area (TPSA) is 49.8 Å². The average molecular weight is 333 g/mol. The standard InChI is InChI=1S/C13H21N2O3.BrH/c1-14(2)13(17)18-12-7-5-11(6-8-12)15(3,4)9-10-16;/h5-8,16H,9-10H2,1-4H3;1H/q+1;/p-1. The number of amides is 1. The van der Waals surface area contributed by atoms with E-state index in [-0.39, 0.29) is 23.6 Å². The summed E-state index contributed by atoms with van der Waals surface area (Å²) in [5.74, 6) is 0.515. The zero-order chi connectivity index (χ0) is 13.8. The number of ether oxygens (including phenoxy) is 1. The highest BCUT2D eigenvalue weighted by Gasteiger charge is 2.18. The Balaban J connectivity index is 0.00000324. The lowest BCUT2D eigenvalue weighted by molar-refractivity contribution is -0.0000104. The fourth-order valence-corrected chi connectivity index (χ4v) is 1.49. The highest BCUT2D eigenvalue weighted by Crippen LogP contribution is 2.22. The molecule has 108 valence electrons. The van der Waals surface area contributed by atoms with E-state index in [1.54, 1.807) is 26.2 Å². The van der Waals surface area contributed by atoms with Gasteiger partial charge in [0.1, 0.15) is 18.0 Å². The number of rotatable bonds is 4. The molecule has 5 nitrogen and oxygen atoms in total. The molecule has 6 heteroatoms. The number of aliphatic hydroxyl groups is 1. The molecular formula is C13H21BrN2O3. The van der Waals surface area contributed by atoms with Crippen molar-refractivity contribution in [2.24, 2.45) is 0 Å². The molecule has 0 saturated heterocycles. The molecule has 0 bridgehead atoms. The zero-order valence-electron chi connectivity index (χ0n) is 11.8. The van der Waals surface area contributed by atoms with Crippen LogP contribution in [0.5, 0.6) is 5.75 Å². The van der Waals surface area contributed by atoms with Gasteiger partial charge in [0.2, 0.25) is 0 Å². The van der Waals surface area contributed by atoms with Gasteiger partial charge in [0.25, 0.3) is 0 Å². The predicted octanol–water partition coefficient (Wildman–Crippen LogP) is -1.69. The third-order valence-electron chi connectivity index (χ3n) is 2.77. The van der Waals surface area contributed by atoms with Gasteiger partial charge in [0, 0.05) is 26.2 Å². The van der Waals surface area contributed by atoms with Crippen molar-refractivity contribution in [1.82, 2.24) is 9.38 Å². The number of carbonyl (C=O) groups is 1. The lowest BCUT2D eigenvalue weighted by Crippen LogP contribution is -3.00. The molecule has 0 saturated carbocycles. The van der Waals surface area contributed by atoms with Gasteiger partial charge in [-0.2, -0.15) is 0 Å². The van der Waals surface area contributed by atoms with Gasteiger partial charge in [0.15, 0.2) is 0 Å². The van der Waals surface area contributed by atoms with Gasteiger partial charge in [-0.15, -0.1) is 0 Å². The van der Waals surface area contributed by atoms with Gasteiger partial charge in [-0.25, -0.2) is 4.79 Å². The van der Waals surface area contributed by atoms with Crippen LogP contribution >= 0.6 is 0 Å². The minimum Gasteiger partial charge on any atom is -1.00 e. The lowest BCUT2D eigenvalue weighted by Gasteiger charge is -2.28. The third-order valence-corrected chi connectivity index (χ3v) is 2.77. The monoisotopic (exact) mass is 332 g/mol. The molecular weight excluding hydrogens is 312 g/mol. The van der Waals surface area contributed by atoms with E-state index in [4.69, 9.17) is 9.84 Å². The molecule has 0 radical (unpaired) electrons. The summed E-state index contributed by atoms with van der Waals surface area (Å²) < 4.78 is 5.72. The maximum Gasteiger partial charge on any atom is 0.414 e. The van der Waals surface area contributed by atoms with Crippen molar-refractivity contribution in [3.8, 4) is 5.75 Å². The largest absolute Gasteiger partial charge is 1.00 e. The van der Waals surface area contributed by atoms with Crippen LogP contribution in [-0.2, 0) is 0 Å². The second-order valence-electron chi connectivity index (χ2n) is 4.89. The summed E-state index contributed by atoms with van der Waals surface area (Å²) in [5, 5.41) is 9.01. The van der Waals surface area contributed by atoms with Crippen LogP contribution in [0.2, 0.25) is 0 Å². The Kier molecular flexibility index (Phi) is 7.04. The molecule has 0 unspecified atom stereocenters. The van der Waals surface area contributed by atoms with Gasteiger partial charge >= 0.3 is 6.09 Å². The van der Waals surface area contributed by atoms with Crippen LogP contribution in [-0.4, -0.2) is 57.4 Å². The number of benzene rings is 1. The van der Waals surface area contributed by atoms with Crippen LogP contribution in [0, 0.1) is 0 Å². The van der Waals surface area contributed by atoms with Crippen molar-refractivity contribution < 1.29 is 31.6 Å². The second-order valence-corrected chi connectivity index (χ2v) is 4.89. The zero-order valence-corrected chi connectivity index (χ0v) is 13.3. The van der Waals surface area contributed by atoms with Crippen molar-refractivity contribution in [2.45, 2.75) is 0 Å². The molecule has 1 aromatic carbocycles. The van der Waals surface area contributed by atoms with E-state index in [1.165, 1.54) is 4.90 Å². The fraction of sp³-hybridized carbons (Fsp3) is 0.462. The van der Waals surface area contributed by atoms with Crippen LogP contribution in [0.4, 0.5) is 10.5 Å². The van der Waals surface area contributed by atoms with Gasteiger partial charge in [-0.1, -0.05) is 0 Å². The van der Waals surface area contributed by atoms with E-state index in [0.29, 0.717) is 16.8 Å². The number of quaternary nitrogens is 1. The minimum atomic E-state index is -0.396. The quantitative estimate of drug-likeness (QED) is 0.669. The molecule has 0 spiro atoms. The molecule has 19 heavy (non-hydrogen) atoms. The van der Waals surface area contributed by atoms with Crippen LogP contribution in [0.3, 0.4) is 0 Å². The molecule has 0 fully saturated rings. The van der Waals surface area contributed by atoms with Crippen molar-refractivity contribution >= 4 is 11.8 Å². The molecule has 0 aliphatic rings. The Morgan fingerprint density at radius 2 is 1.79 bits per heavy atom. The average Bonchev–Trinajstić information content (AvgIpc) is 2.29. The normalized spacial score (nSPS) is 10.6. The van der Waals surface area contributed by atoms with Crippen LogP contribution in [0.25, 0.3) is 0 Å². The Labute approximate surface area is 124 Å². The van der Waals surface area contributed by atoms with Crippen LogP contribution < -0.4 is 26.2 Å². The summed E-state index contributed by atoms with van der Waals surface area (Å²) in [6, 6.07) is 7.31. The SMILES string of the molecule is CN(C)C(=O)Oc1ccc([N+](C)(C)CCO)cc1.[Br-]. The number of aliphatic hydroxyl groups excluding tert-OH is 1. The van der Waals surface area contributed by atoms with Crippen molar-refractivity contribution in [2.75, 3.05) is 41.3 Å². The van der Waals surface area contributed by atoms with Crippen molar-refractivity contribution in [3.05, 3.63) is 24.3 Å². The predicted molar refractivity (Wildman–Crippen MR) is 71.7 cm³/mol. The molecule has 1 amide bonds. The van der Waals surface area contributed by atoms with Crippen LogP contribution in [0.1, 0.15) is 0 Å². The first-order valence-corrected chi connectivity index (χ1v) is 5.80. The first-order chi connectivity index (χ1) is 8.36. The number of hydrogen-bond acceptors (Lipinski definition) is 3. The summed E-state index contributed by atoms with van der Waals surface area (Å²) in [7, 11) is 7.30. The van der Waals surface area contributed by atoms with E-state index in [2.05, 4.69) is 0 Å². The van der Waals surface area contributed by atoms with E-state index in [1.807, 2.05) is 26.2 Å². The van der Waals surface area contributed by atoms with E-state index in [0.717, 1.165) is 5.69 Å². The smallest absolute Gasteiger partial charge is 0.414 e. The van der Waals surface area contributed by atoms with E-state index in [9.17, 15) is 4.79 Å². The Bertz CT molecular complexity index is 405. The van der Waals surface area contributed by atoms with E-state index < -0.39 is 6.09 Å². The molecule has 0 atom stereocenters. The summed E-state index contributed by atoms with van der Waals surface area (Å²) in [4.78, 5) is 12.7. The number of halogens is 1. The van der Waals surface area contributed by atoms with E-state index >= 15 is 0 Å². The van der Waals surface area contributed by atoms with Gasteiger partial charge in [-0.3, -0.25) is 4.48 Å². The molecule has 0 aliphatic carbocycles. The lowest BCUT2D eigenvalue weighted by atomic mass is 10.2. The summed E-state index contributed by atoms with van der Waals surface area (Å²) >= 11 is 0. The molecule has 1 rings (SSSR count). The minimum absolute atomic E-state index is 0. The maximum atomic E-state index is 11.4.